The first-order valence-corrected chi connectivity index (χ1v) is 11.0. The van der Waals surface area contributed by atoms with E-state index < -0.39 is 5.60 Å². The first-order valence-electron chi connectivity index (χ1n) is 11.0. The number of benzene rings is 2. The third kappa shape index (κ3) is 5.42. The Kier molecular flexibility index (Phi) is 6.09. The van der Waals surface area contributed by atoms with Crippen LogP contribution in [0.2, 0.25) is 0 Å². The number of hydrogen-bond donors (Lipinski definition) is 0. The zero-order valence-electron chi connectivity index (χ0n) is 18.8. The van der Waals surface area contributed by atoms with Crippen LogP contribution in [0, 0.1) is 11.3 Å². The standard InChI is InChI=1S/C26H28N2O4/c1-26(2,3)32-25(29)28-13-12-23(17-28)30-21-8-4-18(5-9-21)6-10-22-15-20-14-19(16-27)7-11-24(20)31-22/h4-5,7-9,11,14-15,23H,6,10,12-13,17H2,1-3H3/t23-/m0/s1. The highest BCUT2D eigenvalue weighted by Crippen LogP contribution is 2.24. The van der Waals surface area contributed by atoms with Crippen molar-refractivity contribution in [2.75, 3.05) is 13.1 Å². The fourth-order valence-electron chi connectivity index (χ4n) is 3.80. The number of carbonyl (C=O) groups excluding carboxylic acids is 1. The molecule has 0 radical (unpaired) electrons. The lowest BCUT2D eigenvalue weighted by molar-refractivity contribution is 0.0275. The Labute approximate surface area is 188 Å². The van der Waals surface area contributed by atoms with Crippen molar-refractivity contribution in [2.45, 2.75) is 51.7 Å². The molecule has 1 aliphatic heterocycles. The normalized spacial score (nSPS) is 16.2. The van der Waals surface area contributed by atoms with Gasteiger partial charge in [0.05, 0.1) is 18.2 Å². The van der Waals surface area contributed by atoms with Crippen LogP contribution in [0.25, 0.3) is 11.0 Å². The molecule has 166 valence electrons. The molecule has 6 nitrogen and oxygen atoms in total. The first kappa shape index (κ1) is 21.8. The Morgan fingerprint density at radius 2 is 1.94 bits per heavy atom. The SMILES string of the molecule is CC(C)(C)OC(=O)N1CC[C@H](Oc2ccc(CCc3cc4cc(C#N)ccc4o3)cc2)C1. The van der Waals surface area contributed by atoms with E-state index in [1.165, 1.54) is 5.56 Å². The van der Waals surface area contributed by atoms with Gasteiger partial charge < -0.3 is 18.8 Å². The van der Waals surface area contributed by atoms with Crippen molar-refractivity contribution in [1.29, 1.82) is 5.26 Å². The number of fused-ring (bicyclic) bond motifs is 1. The molecule has 2 aromatic carbocycles. The number of aryl methyl sites for hydroxylation is 2. The lowest BCUT2D eigenvalue weighted by Gasteiger charge is -2.24. The van der Waals surface area contributed by atoms with Crippen LogP contribution < -0.4 is 4.74 Å². The number of ether oxygens (including phenoxy) is 2. The minimum absolute atomic E-state index is 0.0257. The molecule has 4 rings (SSSR count). The summed E-state index contributed by atoms with van der Waals surface area (Å²) in [5.74, 6) is 1.71. The van der Waals surface area contributed by atoms with E-state index in [4.69, 9.17) is 19.2 Å². The van der Waals surface area contributed by atoms with Gasteiger partial charge in [0.1, 0.15) is 28.8 Å². The number of nitrogens with zero attached hydrogens (tertiary/aromatic N) is 2. The third-order valence-corrected chi connectivity index (χ3v) is 5.38. The summed E-state index contributed by atoms with van der Waals surface area (Å²) < 4.78 is 17.4. The zero-order valence-corrected chi connectivity index (χ0v) is 18.8. The average Bonchev–Trinajstić information content (AvgIpc) is 3.38. The molecular formula is C26H28N2O4. The second kappa shape index (κ2) is 8.96. The van der Waals surface area contributed by atoms with Crippen molar-refractivity contribution < 1.29 is 18.7 Å². The number of amides is 1. The lowest BCUT2D eigenvalue weighted by Crippen LogP contribution is -2.36. The Balaban J connectivity index is 1.28. The molecule has 1 aliphatic rings. The number of carbonyl (C=O) groups is 1. The van der Waals surface area contributed by atoms with Gasteiger partial charge in [0.15, 0.2) is 0 Å². The summed E-state index contributed by atoms with van der Waals surface area (Å²) >= 11 is 0. The van der Waals surface area contributed by atoms with Gasteiger partial charge in [-0.3, -0.25) is 0 Å². The molecule has 6 heteroatoms. The molecular weight excluding hydrogens is 404 g/mol. The number of rotatable bonds is 5. The van der Waals surface area contributed by atoms with Gasteiger partial charge >= 0.3 is 6.09 Å². The van der Waals surface area contributed by atoms with Crippen LogP contribution >= 0.6 is 0 Å². The van der Waals surface area contributed by atoms with Crippen molar-refractivity contribution in [1.82, 2.24) is 4.90 Å². The second-order valence-corrected chi connectivity index (χ2v) is 9.18. The molecule has 1 amide bonds. The fraction of sp³-hybridized carbons (Fsp3) is 0.385. The van der Waals surface area contributed by atoms with Crippen LogP contribution in [0.4, 0.5) is 4.79 Å². The lowest BCUT2D eigenvalue weighted by atomic mass is 10.1. The maximum absolute atomic E-state index is 12.2. The van der Waals surface area contributed by atoms with E-state index in [2.05, 4.69) is 18.2 Å². The summed E-state index contributed by atoms with van der Waals surface area (Å²) in [5, 5.41) is 9.99. The van der Waals surface area contributed by atoms with Crippen molar-refractivity contribution >= 4 is 17.1 Å². The van der Waals surface area contributed by atoms with Gasteiger partial charge in [0.2, 0.25) is 0 Å². The molecule has 0 bridgehead atoms. The van der Waals surface area contributed by atoms with Gasteiger partial charge in [-0.25, -0.2) is 4.79 Å². The molecule has 0 N–H and O–H groups in total. The van der Waals surface area contributed by atoms with Gasteiger partial charge in [-0.05, 0) is 69.2 Å². The molecule has 2 heterocycles. The fourth-order valence-corrected chi connectivity index (χ4v) is 3.80. The van der Waals surface area contributed by atoms with E-state index in [0.717, 1.165) is 41.7 Å². The highest BCUT2D eigenvalue weighted by Gasteiger charge is 2.30. The summed E-state index contributed by atoms with van der Waals surface area (Å²) in [7, 11) is 0. The van der Waals surface area contributed by atoms with E-state index >= 15 is 0 Å². The third-order valence-electron chi connectivity index (χ3n) is 5.38. The number of nitriles is 1. The summed E-state index contributed by atoms with van der Waals surface area (Å²) in [6.07, 6.45) is 2.11. The zero-order chi connectivity index (χ0) is 22.7. The molecule has 0 unspecified atom stereocenters. The van der Waals surface area contributed by atoms with Crippen LogP contribution in [-0.4, -0.2) is 35.8 Å². The van der Waals surface area contributed by atoms with Crippen molar-refractivity contribution in [3.05, 3.63) is 65.4 Å². The van der Waals surface area contributed by atoms with E-state index in [0.29, 0.717) is 18.7 Å². The summed E-state index contributed by atoms with van der Waals surface area (Å²) in [4.78, 5) is 13.9. The van der Waals surface area contributed by atoms with E-state index in [1.54, 1.807) is 11.0 Å². The van der Waals surface area contributed by atoms with Crippen LogP contribution in [0.1, 0.15) is 44.1 Å². The molecule has 0 spiro atoms. The highest BCUT2D eigenvalue weighted by atomic mass is 16.6. The molecule has 1 saturated heterocycles. The molecule has 1 aromatic heterocycles. The van der Waals surface area contributed by atoms with Gasteiger partial charge in [-0.15, -0.1) is 0 Å². The molecule has 0 saturated carbocycles. The van der Waals surface area contributed by atoms with E-state index in [1.807, 2.05) is 51.1 Å². The van der Waals surface area contributed by atoms with Crippen LogP contribution in [0.5, 0.6) is 5.75 Å². The van der Waals surface area contributed by atoms with Crippen molar-refractivity contribution in [2.24, 2.45) is 0 Å². The number of likely N-dealkylation sites (tertiary alicyclic amines) is 1. The Morgan fingerprint density at radius 1 is 1.16 bits per heavy atom. The monoisotopic (exact) mass is 432 g/mol. The summed E-state index contributed by atoms with van der Waals surface area (Å²) in [5.41, 5.74) is 2.14. The Morgan fingerprint density at radius 3 is 2.66 bits per heavy atom. The maximum atomic E-state index is 12.2. The number of furan rings is 1. The topological polar surface area (TPSA) is 75.7 Å². The smallest absolute Gasteiger partial charge is 0.410 e. The minimum Gasteiger partial charge on any atom is -0.489 e. The molecule has 3 aromatic rings. The van der Waals surface area contributed by atoms with E-state index in [9.17, 15) is 4.79 Å². The molecule has 32 heavy (non-hydrogen) atoms. The second-order valence-electron chi connectivity index (χ2n) is 9.18. The van der Waals surface area contributed by atoms with Crippen LogP contribution in [-0.2, 0) is 17.6 Å². The van der Waals surface area contributed by atoms with Crippen molar-refractivity contribution in [3.63, 3.8) is 0 Å². The highest BCUT2D eigenvalue weighted by molar-refractivity contribution is 5.79. The largest absolute Gasteiger partial charge is 0.489 e. The molecule has 1 fully saturated rings. The van der Waals surface area contributed by atoms with Crippen molar-refractivity contribution in [3.8, 4) is 11.8 Å². The predicted molar refractivity (Wildman–Crippen MR) is 122 cm³/mol. The summed E-state index contributed by atoms with van der Waals surface area (Å²) in [6.45, 7) is 6.79. The van der Waals surface area contributed by atoms with E-state index in [-0.39, 0.29) is 12.2 Å². The van der Waals surface area contributed by atoms with Crippen LogP contribution in [0.3, 0.4) is 0 Å². The maximum Gasteiger partial charge on any atom is 0.410 e. The first-order chi connectivity index (χ1) is 15.3. The Hall–Kier alpha value is -3.46. The quantitative estimate of drug-likeness (QED) is 0.534. The van der Waals surface area contributed by atoms with Gasteiger partial charge in [-0.1, -0.05) is 12.1 Å². The predicted octanol–water partition coefficient (Wildman–Crippen LogP) is 5.48. The Bertz CT molecular complexity index is 1140. The van der Waals surface area contributed by atoms with Crippen LogP contribution in [0.15, 0.2) is 52.9 Å². The summed E-state index contributed by atoms with van der Waals surface area (Å²) in [6, 6.07) is 17.7. The minimum atomic E-state index is -0.492. The number of hydrogen-bond acceptors (Lipinski definition) is 5. The molecule has 0 aliphatic carbocycles. The average molecular weight is 433 g/mol. The van der Waals surface area contributed by atoms with Gasteiger partial charge in [0, 0.05) is 24.8 Å². The molecule has 1 atom stereocenters. The van der Waals surface area contributed by atoms with Gasteiger partial charge in [-0.2, -0.15) is 5.26 Å². The van der Waals surface area contributed by atoms with Gasteiger partial charge in [0.25, 0.3) is 0 Å².